The lowest BCUT2D eigenvalue weighted by Gasteiger charge is -2.07. The van der Waals surface area contributed by atoms with E-state index in [1.165, 1.54) is 0 Å². The summed E-state index contributed by atoms with van der Waals surface area (Å²) in [6.45, 7) is 0. The van der Waals surface area contributed by atoms with Crippen LogP contribution in [0, 0.1) is 0 Å². The Morgan fingerprint density at radius 3 is 2.29 bits per heavy atom. The van der Waals surface area contributed by atoms with Crippen LogP contribution in [-0.2, 0) is 4.79 Å². The minimum Gasteiger partial charge on any atom is -0.509 e. The molecule has 1 amide bonds. The van der Waals surface area contributed by atoms with Crippen molar-refractivity contribution in [2.45, 2.75) is 0 Å². The number of nitrogens with one attached hydrogen (secondary N) is 1. The van der Waals surface area contributed by atoms with Crippen molar-refractivity contribution >= 4 is 55.6 Å². The van der Waals surface area contributed by atoms with Crippen LogP contribution < -0.4 is 16.2 Å². The van der Waals surface area contributed by atoms with Gasteiger partial charge in [0.25, 0.3) is 5.91 Å². The first-order valence-corrected chi connectivity index (χ1v) is 9.01. The monoisotopic (exact) mass is 365 g/mol. The zero-order chi connectivity index (χ0) is 19.8. The van der Waals surface area contributed by atoms with Gasteiger partial charge in [-0.05, 0) is 40.8 Å². The van der Waals surface area contributed by atoms with Crippen LogP contribution in [0.5, 0.6) is 5.75 Å². The van der Waals surface area contributed by atoms with Gasteiger partial charge in [0.15, 0.2) is 5.78 Å². The van der Waals surface area contributed by atoms with E-state index >= 15 is 0 Å². The molecule has 0 aromatic heterocycles. The summed E-state index contributed by atoms with van der Waals surface area (Å²) in [6, 6.07) is 18.0. The molecule has 4 nitrogen and oxygen atoms in total. The Kier molecular flexibility index (Phi) is 4.40. The van der Waals surface area contributed by atoms with Gasteiger partial charge < -0.3 is 10.4 Å². The predicted molar refractivity (Wildman–Crippen MR) is 117 cm³/mol. The maximum Gasteiger partial charge on any atom is 0.256 e. The summed E-state index contributed by atoms with van der Waals surface area (Å²) in [5.74, 6) is -0.0321. The van der Waals surface area contributed by atoms with E-state index < -0.39 is 0 Å². The molecule has 0 radical (unpaired) electrons. The topological polar surface area (TPSA) is 66.4 Å². The van der Waals surface area contributed by atoms with E-state index in [1.807, 2.05) is 46.0 Å². The molecule has 4 rings (SSSR count). The first kappa shape index (κ1) is 17.9. The second-order valence-corrected chi connectivity index (χ2v) is 6.97. The van der Waals surface area contributed by atoms with Crippen LogP contribution in [0.4, 0.5) is 5.69 Å². The number of hydrogen-bond donors (Lipinski definition) is 2. The van der Waals surface area contributed by atoms with Gasteiger partial charge >= 0.3 is 0 Å². The molecule has 1 heterocycles. The van der Waals surface area contributed by atoms with Crippen molar-refractivity contribution in [1.29, 1.82) is 0 Å². The van der Waals surface area contributed by atoms with Crippen LogP contribution in [0.3, 0.4) is 0 Å². The highest BCUT2D eigenvalue weighted by Gasteiger charge is 2.25. The van der Waals surface area contributed by atoms with Crippen LogP contribution in [0.2, 0.25) is 0 Å². The van der Waals surface area contributed by atoms with Crippen LogP contribution in [0.25, 0.3) is 11.6 Å². The van der Waals surface area contributed by atoms with E-state index in [4.69, 9.17) is 0 Å². The second kappa shape index (κ2) is 6.89. The largest absolute Gasteiger partial charge is 0.509 e. The van der Waals surface area contributed by atoms with Crippen molar-refractivity contribution in [2.24, 2.45) is 0 Å². The molecule has 0 unspecified atom stereocenters. The van der Waals surface area contributed by atoms with Crippen LogP contribution in [-0.4, -0.2) is 32.5 Å². The second-order valence-electron chi connectivity index (χ2n) is 6.97. The average Bonchev–Trinajstić information content (AvgIpc) is 3.00. The van der Waals surface area contributed by atoms with Crippen LogP contribution in [0.15, 0.2) is 60.7 Å². The summed E-state index contributed by atoms with van der Waals surface area (Å²) in [6.07, 6.45) is 1.79. The Morgan fingerprint density at radius 2 is 1.61 bits per heavy atom. The maximum atomic E-state index is 12.8. The molecule has 1 aliphatic heterocycles. The number of benzene rings is 3. The van der Waals surface area contributed by atoms with E-state index in [2.05, 4.69) is 5.32 Å². The van der Waals surface area contributed by atoms with Crippen molar-refractivity contribution in [3.63, 3.8) is 0 Å². The van der Waals surface area contributed by atoms with Crippen molar-refractivity contribution in [3.05, 3.63) is 82.9 Å². The molecule has 6 heteroatoms. The van der Waals surface area contributed by atoms with Crippen molar-refractivity contribution in [1.82, 2.24) is 0 Å². The molecule has 3 aromatic rings. The number of fused-ring (bicyclic) bond motifs is 1. The number of amides is 1. The Bertz CT molecular complexity index is 1130. The molecule has 28 heavy (non-hydrogen) atoms. The number of phenolic OH excluding ortho intramolecular Hbond substituents is 1. The molecule has 0 aliphatic carbocycles. The average molecular weight is 365 g/mol. The lowest BCUT2D eigenvalue weighted by molar-refractivity contribution is -0.110. The summed E-state index contributed by atoms with van der Waals surface area (Å²) in [5.41, 5.74) is 5.36. The van der Waals surface area contributed by atoms with Gasteiger partial charge in [0.05, 0.1) is 0 Å². The van der Waals surface area contributed by atoms with Gasteiger partial charge in [-0.3, -0.25) is 9.59 Å². The highest BCUT2D eigenvalue weighted by molar-refractivity contribution is 6.42. The van der Waals surface area contributed by atoms with Gasteiger partial charge in [0, 0.05) is 28.0 Å². The molecule has 0 fully saturated rings. The molecule has 3 aromatic carbocycles. The molecule has 2 N–H and O–H groups in total. The highest BCUT2D eigenvalue weighted by Crippen LogP contribution is 2.34. The summed E-state index contributed by atoms with van der Waals surface area (Å²) in [7, 11) is 3.65. The number of anilines is 1. The lowest BCUT2D eigenvalue weighted by atomic mass is 9.83. The first-order valence-electron chi connectivity index (χ1n) is 9.01. The smallest absolute Gasteiger partial charge is 0.256 e. The van der Waals surface area contributed by atoms with E-state index in [9.17, 15) is 14.7 Å². The van der Waals surface area contributed by atoms with Crippen LogP contribution in [0.1, 0.15) is 27.0 Å². The Morgan fingerprint density at radius 1 is 0.929 bits per heavy atom. The third-order valence-corrected chi connectivity index (χ3v) is 4.93. The minimum absolute atomic E-state index is 0.0848. The van der Waals surface area contributed by atoms with E-state index in [1.54, 1.807) is 36.4 Å². The third kappa shape index (κ3) is 3.14. The fourth-order valence-corrected chi connectivity index (χ4v) is 3.47. The molecule has 0 spiro atoms. The SMILES string of the molecule is Bc1cc(/C=C2\C(=O)Nc3ccc(C(=O)c4ccccc4)cc32)cc(B)c1O. The number of aromatic hydroxyl groups is 1. The molecule has 134 valence electrons. The summed E-state index contributed by atoms with van der Waals surface area (Å²) < 4.78 is 0. The predicted octanol–water partition coefficient (Wildman–Crippen LogP) is 0.633. The Balaban J connectivity index is 1.77. The first-order chi connectivity index (χ1) is 13.4. The summed E-state index contributed by atoms with van der Waals surface area (Å²) in [5, 5.41) is 12.8. The van der Waals surface area contributed by atoms with Gasteiger partial charge in [0.2, 0.25) is 0 Å². The zero-order valence-electron chi connectivity index (χ0n) is 15.6. The zero-order valence-corrected chi connectivity index (χ0v) is 15.6. The van der Waals surface area contributed by atoms with Gasteiger partial charge in [-0.2, -0.15) is 0 Å². The Labute approximate surface area is 164 Å². The van der Waals surface area contributed by atoms with Crippen LogP contribution >= 0.6 is 0 Å². The van der Waals surface area contributed by atoms with Gasteiger partial charge in [-0.1, -0.05) is 42.5 Å². The fraction of sp³-hybridized carbons (Fsp3) is 0. The van der Waals surface area contributed by atoms with Gasteiger partial charge in [-0.15, -0.1) is 0 Å². The number of hydrogen-bond acceptors (Lipinski definition) is 3. The molecule has 0 atom stereocenters. The summed E-state index contributed by atoms with van der Waals surface area (Å²) >= 11 is 0. The van der Waals surface area contributed by atoms with Gasteiger partial charge in [-0.25, -0.2) is 0 Å². The molecule has 1 aliphatic rings. The number of carbonyl (C=O) groups excluding carboxylic acids is 2. The summed E-state index contributed by atoms with van der Waals surface area (Å²) in [4.78, 5) is 25.3. The molecular formula is C22H17B2NO3. The molecule has 0 bridgehead atoms. The minimum atomic E-state index is -0.206. The lowest BCUT2D eigenvalue weighted by Crippen LogP contribution is -2.15. The quantitative estimate of drug-likeness (QED) is 0.407. The number of ketones is 1. The number of rotatable bonds is 3. The maximum absolute atomic E-state index is 12.8. The molecule has 0 saturated heterocycles. The highest BCUT2D eigenvalue weighted by atomic mass is 16.3. The van der Waals surface area contributed by atoms with Gasteiger partial charge in [0.1, 0.15) is 21.4 Å². The standard InChI is InChI=1S/C22H17B2NO3/c23-17-9-12(10-18(24)21(17)27)8-16-15-11-14(6-7-19(15)25-22(16)28)20(26)13-4-2-1-3-5-13/h1-11,27H,23-24H2,(H,25,28)/b16-8-. The van der Waals surface area contributed by atoms with E-state index in [-0.39, 0.29) is 17.4 Å². The van der Waals surface area contributed by atoms with Crippen molar-refractivity contribution in [3.8, 4) is 5.75 Å². The fourth-order valence-electron chi connectivity index (χ4n) is 3.47. The third-order valence-electron chi connectivity index (χ3n) is 4.93. The Hall–Kier alpha value is -3.53. The van der Waals surface area contributed by atoms with Crippen molar-refractivity contribution in [2.75, 3.05) is 5.32 Å². The van der Waals surface area contributed by atoms with Crippen molar-refractivity contribution < 1.29 is 14.7 Å². The normalized spacial score (nSPS) is 14.0. The van der Waals surface area contributed by atoms with E-state index in [0.717, 1.165) is 16.5 Å². The number of phenols is 1. The number of carbonyl (C=O) groups is 2. The molecular weight excluding hydrogens is 348 g/mol. The van der Waals surface area contributed by atoms with E-state index in [0.29, 0.717) is 28.0 Å². The molecule has 0 saturated carbocycles.